The smallest absolute Gasteiger partial charge is 0.412 e. The zero-order valence-electron chi connectivity index (χ0n) is 49.2. The van der Waals surface area contributed by atoms with Gasteiger partial charge in [-0.3, -0.25) is 14.5 Å². The number of nitrogen functional groups attached to an aromatic ring is 1. The van der Waals surface area contributed by atoms with Gasteiger partial charge in [-0.05, 0) is 38.5 Å². The Morgan fingerprint density at radius 2 is 1.00 bits per heavy atom. The van der Waals surface area contributed by atoms with Crippen molar-refractivity contribution in [3.05, 3.63) is 24.8 Å². The number of aliphatic hydroxyl groups excluding tert-OH is 1. The van der Waals surface area contributed by atoms with Gasteiger partial charge in [-0.1, -0.05) is 228 Å². The standard InChI is InChI=1S/C31H48FN5O3.C16H34O.C14H16FN5O.CH4.B/c1-5-8-9-10-11-12-13-14-15-16-17-18-19-20-21-39-30(38)35-27-26-28(36-29(32)34-27)37(23-33-26)25-22-24(4)31(6-2,7-3)40-25;1-2-3-4-5-6-7-8-9-10-11-12-13-14-15-16-17;1-4-14(5-2)8(3)6-9(21-14)20-7-17-10-11(16)18-13(15)19-12(10)20;;/h2,23-25H,5,7-22H2,1,3-4H3,(H,34,35,36,38);17H,2-16H2,1H3;1,7-9H,5-6H2,2-3H3,(H2,16,18,19);1H4;/t24-,25+,31+;;8-,9+,14+;;/m0.0../s1. The molecule has 2 aliphatic rings. The van der Waals surface area contributed by atoms with Crippen molar-refractivity contribution in [2.75, 3.05) is 24.3 Å². The molecule has 447 valence electrons. The number of nitrogens with two attached hydrogens (primary N) is 1. The van der Waals surface area contributed by atoms with Gasteiger partial charge in [0.2, 0.25) is 0 Å². The van der Waals surface area contributed by atoms with Crippen LogP contribution in [-0.4, -0.2) is 83.1 Å². The van der Waals surface area contributed by atoms with Gasteiger partial charge in [-0.2, -0.15) is 28.7 Å². The number of anilines is 2. The maximum Gasteiger partial charge on any atom is 0.412 e. The second kappa shape index (κ2) is 39.5. The first kappa shape index (κ1) is 71.2. The third-order valence-electron chi connectivity index (χ3n) is 15.8. The first-order valence-corrected chi connectivity index (χ1v) is 30.3. The number of terminal acetylenes is 2. The van der Waals surface area contributed by atoms with Crippen LogP contribution in [0.15, 0.2) is 12.7 Å². The van der Waals surface area contributed by atoms with Crippen molar-refractivity contribution in [2.45, 2.75) is 278 Å². The highest BCUT2D eigenvalue weighted by atomic mass is 19.1. The van der Waals surface area contributed by atoms with Crippen LogP contribution in [0.2, 0.25) is 0 Å². The van der Waals surface area contributed by atoms with Crippen molar-refractivity contribution in [3.8, 4) is 24.7 Å². The van der Waals surface area contributed by atoms with Crippen molar-refractivity contribution in [2.24, 2.45) is 11.8 Å². The molecule has 2 fully saturated rings. The number of hydrogen-bond donors (Lipinski definition) is 3. The number of carbonyl (C=O) groups is 1. The van der Waals surface area contributed by atoms with Crippen LogP contribution in [0.5, 0.6) is 0 Å². The quantitative estimate of drug-likeness (QED) is 0.0174. The highest BCUT2D eigenvalue weighted by molar-refractivity contribution is 5.93. The Labute approximate surface area is 482 Å². The van der Waals surface area contributed by atoms with Crippen LogP contribution in [-0.2, 0) is 14.2 Å². The summed E-state index contributed by atoms with van der Waals surface area (Å²) in [5.41, 5.74) is 5.54. The van der Waals surface area contributed by atoms with E-state index in [0.717, 1.165) is 25.7 Å². The number of rotatable bonds is 34. The average molecular weight is 1120 g/mol. The molecular weight excluding hydrogens is 1010 g/mol. The Hall–Kier alpha value is -4.91. The first-order valence-electron chi connectivity index (χ1n) is 30.3. The van der Waals surface area contributed by atoms with Crippen molar-refractivity contribution in [1.29, 1.82) is 0 Å². The minimum Gasteiger partial charge on any atom is -0.449 e. The second-order valence-corrected chi connectivity index (χ2v) is 21.7. The maximum atomic E-state index is 14.3. The summed E-state index contributed by atoms with van der Waals surface area (Å²) >= 11 is 0. The summed E-state index contributed by atoms with van der Waals surface area (Å²) in [6.07, 6.45) is 50.7. The van der Waals surface area contributed by atoms with E-state index < -0.39 is 35.7 Å². The molecule has 0 aliphatic carbocycles. The van der Waals surface area contributed by atoms with Gasteiger partial charge in [-0.25, -0.2) is 14.8 Å². The van der Waals surface area contributed by atoms with Gasteiger partial charge in [0.15, 0.2) is 34.0 Å². The number of nitrogens with zero attached hydrogens (tertiary/aromatic N) is 8. The zero-order chi connectivity index (χ0) is 56.6. The van der Waals surface area contributed by atoms with E-state index in [-0.39, 0.29) is 56.7 Å². The average Bonchev–Trinajstić information content (AvgIpc) is 4.38. The lowest BCUT2D eigenvalue weighted by Crippen LogP contribution is -2.31. The van der Waals surface area contributed by atoms with Gasteiger partial charge in [-0.15, -0.1) is 12.8 Å². The molecule has 80 heavy (non-hydrogen) atoms. The normalized spacial score (nSPS) is 20.2. The van der Waals surface area contributed by atoms with E-state index in [1.165, 1.54) is 167 Å². The summed E-state index contributed by atoms with van der Waals surface area (Å²) in [6.45, 7) is 13.3. The van der Waals surface area contributed by atoms with Crippen molar-refractivity contribution >= 4 is 48.5 Å². The molecule has 15 nitrogen and oxygen atoms in total. The molecule has 0 spiro atoms. The molecule has 0 unspecified atom stereocenters. The number of aromatic nitrogens is 8. The highest BCUT2D eigenvalue weighted by Crippen LogP contribution is 2.45. The third kappa shape index (κ3) is 22.4. The van der Waals surface area contributed by atoms with Gasteiger partial charge >= 0.3 is 18.2 Å². The Morgan fingerprint density at radius 3 is 1.38 bits per heavy atom. The van der Waals surface area contributed by atoms with Crippen LogP contribution >= 0.6 is 0 Å². The third-order valence-corrected chi connectivity index (χ3v) is 15.8. The van der Waals surface area contributed by atoms with Gasteiger partial charge in [0, 0.05) is 26.9 Å². The topological polar surface area (TPSA) is 190 Å². The van der Waals surface area contributed by atoms with E-state index in [1.54, 1.807) is 9.13 Å². The minimum absolute atomic E-state index is 0. The summed E-state index contributed by atoms with van der Waals surface area (Å²) in [5, 5.41) is 11.2. The largest absolute Gasteiger partial charge is 0.449 e. The van der Waals surface area contributed by atoms with Gasteiger partial charge in [0.25, 0.3) is 0 Å². The molecule has 6 atom stereocenters. The summed E-state index contributed by atoms with van der Waals surface area (Å²) in [4.78, 5) is 35.7. The van der Waals surface area contributed by atoms with Crippen LogP contribution in [0.4, 0.5) is 25.2 Å². The lowest BCUT2D eigenvalue weighted by atomic mass is 9.87. The monoisotopic (exact) mass is 1120 g/mol. The number of carbonyl (C=O) groups excluding carboxylic acids is 1. The number of aliphatic hydroxyl groups is 1. The van der Waals surface area contributed by atoms with E-state index in [1.807, 2.05) is 27.7 Å². The molecule has 0 bridgehead atoms. The van der Waals surface area contributed by atoms with Crippen molar-refractivity contribution in [1.82, 2.24) is 39.0 Å². The fourth-order valence-electron chi connectivity index (χ4n) is 10.8. The Kier molecular flexibility index (Phi) is 35.2. The van der Waals surface area contributed by atoms with Crippen molar-refractivity contribution in [3.63, 3.8) is 0 Å². The molecular formula is C62H102BF2N10O5. The molecule has 2 saturated heterocycles. The van der Waals surface area contributed by atoms with E-state index in [4.69, 9.17) is 37.9 Å². The molecule has 6 heterocycles. The van der Waals surface area contributed by atoms with Crippen LogP contribution in [0, 0.1) is 48.7 Å². The van der Waals surface area contributed by atoms with E-state index in [2.05, 4.69) is 60.9 Å². The van der Waals surface area contributed by atoms with E-state index >= 15 is 0 Å². The van der Waals surface area contributed by atoms with Crippen molar-refractivity contribution < 1.29 is 32.9 Å². The lowest BCUT2D eigenvalue weighted by molar-refractivity contribution is -0.0467. The van der Waals surface area contributed by atoms with Crippen LogP contribution in [0.25, 0.3) is 22.3 Å². The maximum absolute atomic E-state index is 14.3. The van der Waals surface area contributed by atoms with Crippen LogP contribution < -0.4 is 11.1 Å². The van der Waals surface area contributed by atoms with Crippen LogP contribution in [0.3, 0.4) is 0 Å². The molecule has 0 saturated carbocycles. The predicted molar refractivity (Wildman–Crippen MR) is 322 cm³/mol. The Balaban J connectivity index is 0.000000457. The molecule has 2 aliphatic heterocycles. The van der Waals surface area contributed by atoms with E-state index in [0.29, 0.717) is 50.1 Å². The molecule has 4 aromatic heterocycles. The number of amides is 1. The fourth-order valence-corrected chi connectivity index (χ4v) is 10.8. The summed E-state index contributed by atoms with van der Waals surface area (Å²) in [7, 11) is 0. The molecule has 6 rings (SSSR count). The predicted octanol–water partition coefficient (Wildman–Crippen LogP) is 15.9. The number of hydrogen-bond acceptors (Lipinski definition) is 12. The Bertz CT molecular complexity index is 2400. The highest BCUT2D eigenvalue weighted by Gasteiger charge is 2.46. The van der Waals surface area contributed by atoms with Gasteiger partial charge in [0.05, 0.1) is 19.3 Å². The second-order valence-electron chi connectivity index (χ2n) is 21.7. The lowest BCUT2D eigenvalue weighted by Gasteiger charge is -2.25. The minimum atomic E-state index is -0.971. The molecule has 0 aromatic carbocycles. The molecule has 3 radical (unpaired) electrons. The number of nitrogens with one attached hydrogen (secondary N) is 1. The number of fused-ring (bicyclic) bond motifs is 2. The number of ether oxygens (including phenoxy) is 3. The molecule has 1 amide bonds. The SMILES string of the molecule is C.C#C[C@]1(CC)O[C@@H](n2cnc3c(N)nc(F)nc32)C[C@@H]1C.C#C[C@]1(CC)O[C@@H](n2cnc3c(NC(=O)OCCCCCCCCCCCCCCCC)nc(F)nc32)C[C@@H]1C.CCCCCCCCCCCCCCCCO.[B]. The summed E-state index contributed by atoms with van der Waals surface area (Å²) < 4.78 is 48.6. The van der Waals surface area contributed by atoms with Gasteiger partial charge < -0.3 is 25.1 Å². The first-order chi connectivity index (χ1) is 37.9. The molecule has 18 heteroatoms. The molecule has 4 N–H and O–H groups in total. The van der Waals surface area contributed by atoms with Crippen LogP contribution in [0.1, 0.15) is 267 Å². The summed E-state index contributed by atoms with van der Waals surface area (Å²) in [6, 6.07) is 0. The number of imidazole rings is 2. The molecule has 4 aromatic rings. The van der Waals surface area contributed by atoms with E-state index in [9.17, 15) is 13.6 Å². The Morgan fingerprint density at radius 1 is 0.637 bits per heavy atom. The summed E-state index contributed by atoms with van der Waals surface area (Å²) in [5.74, 6) is 5.81. The number of halogens is 2. The fraction of sp³-hybridized carbons (Fsp3) is 0.758. The van der Waals surface area contributed by atoms with Gasteiger partial charge in [0.1, 0.15) is 23.7 Å². The zero-order valence-corrected chi connectivity index (χ0v) is 49.2. The number of unbranched alkanes of at least 4 members (excludes halogenated alkanes) is 26.